The Morgan fingerprint density at radius 1 is 1.43 bits per heavy atom. The van der Waals surface area contributed by atoms with E-state index in [0.29, 0.717) is 0 Å². The lowest BCUT2D eigenvalue weighted by Crippen LogP contribution is -2.33. The minimum absolute atomic E-state index is 0.201. The molecule has 0 unspecified atom stereocenters. The van der Waals surface area contributed by atoms with Gasteiger partial charge in [0.05, 0.1) is 5.56 Å². The van der Waals surface area contributed by atoms with Gasteiger partial charge in [-0.1, -0.05) is 0 Å². The van der Waals surface area contributed by atoms with Gasteiger partial charge >= 0.3 is 13.1 Å². The fraction of sp³-hybridized carbons (Fsp3) is 0. The zero-order valence-corrected chi connectivity index (χ0v) is 8.90. The summed E-state index contributed by atoms with van der Waals surface area (Å²) in [4.78, 5) is 10.6. The minimum atomic E-state index is -1.94. The third-order valence-corrected chi connectivity index (χ3v) is 2.49. The van der Waals surface area contributed by atoms with Crippen LogP contribution in [0, 0.1) is 9.39 Å². The van der Waals surface area contributed by atoms with Crippen molar-refractivity contribution in [1.82, 2.24) is 0 Å². The second kappa shape index (κ2) is 4.24. The molecule has 0 saturated carbocycles. The standard InChI is InChI=1S/C7H5BFIO4/c9-5-1-3(7(11)12)6(10)2-4(5)8(13)14/h1-2,13-14H,(H,11,12). The molecule has 0 heterocycles. The van der Waals surface area contributed by atoms with E-state index in [2.05, 4.69) is 0 Å². The number of hydrogen-bond donors (Lipinski definition) is 3. The molecule has 0 aliphatic carbocycles. The average molecular weight is 310 g/mol. The molecule has 0 aromatic heterocycles. The van der Waals surface area contributed by atoms with E-state index in [1.807, 2.05) is 0 Å². The summed E-state index contributed by atoms with van der Waals surface area (Å²) >= 11 is 1.68. The van der Waals surface area contributed by atoms with Crippen molar-refractivity contribution in [2.45, 2.75) is 0 Å². The van der Waals surface area contributed by atoms with Gasteiger partial charge in [-0.25, -0.2) is 9.18 Å². The molecule has 0 saturated heterocycles. The van der Waals surface area contributed by atoms with Crippen LogP contribution >= 0.6 is 22.6 Å². The summed E-state index contributed by atoms with van der Waals surface area (Å²) in [6.07, 6.45) is 0. The molecule has 0 spiro atoms. The van der Waals surface area contributed by atoms with Gasteiger partial charge in [0.25, 0.3) is 0 Å². The molecule has 0 atom stereocenters. The number of carboxylic acid groups (broad SMARTS) is 1. The van der Waals surface area contributed by atoms with Crippen molar-refractivity contribution in [1.29, 1.82) is 0 Å². The molecule has 1 aromatic carbocycles. The summed E-state index contributed by atoms with van der Waals surface area (Å²) < 4.78 is 13.3. The van der Waals surface area contributed by atoms with Crippen LogP contribution in [0.4, 0.5) is 4.39 Å². The molecule has 74 valence electrons. The second-order valence-electron chi connectivity index (χ2n) is 2.53. The molecule has 0 bridgehead atoms. The Balaban J connectivity index is 3.31. The average Bonchev–Trinajstić information content (AvgIpc) is 2.07. The molecule has 0 fully saturated rings. The topological polar surface area (TPSA) is 77.8 Å². The lowest BCUT2D eigenvalue weighted by molar-refractivity contribution is 0.0695. The van der Waals surface area contributed by atoms with Crippen molar-refractivity contribution in [2.75, 3.05) is 0 Å². The highest BCUT2D eigenvalue weighted by molar-refractivity contribution is 14.1. The van der Waals surface area contributed by atoms with Gasteiger partial charge in [0.2, 0.25) is 0 Å². The van der Waals surface area contributed by atoms with Crippen LogP contribution in [-0.2, 0) is 0 Å². The van der Waals surface area contributed by atoms with E-state index >= 15 is 0 Å². The van der Waals surface area contributed by atoms with Crippen LogP contribution in [0.1, 0.15) is 10.4 Å². The minimum Gasteiger partial charge on any atom is -0.478 e. The van der Waals surface area contributed by atoms with E-state index in [-0.39, 0.29) is 14.6 Å². The van der Waals surface area contributed by atoms with E-state index in [4.69, 9.17) is 15.2 Å². The molecule has 0 aliphatic rings. The maximum Gasteiger partial charge on any atom is 0.491 e. The molecular formula is C7H5BFIO4. The number of benzene rings is 1. The van der Waals surface area contributed by atoms with Gasteiger partial charge in [-0.05, 0) is 34.7 Å². The van der Waals surface area contributed by atoms with Crippen LogP contribution in [0.15, 0.2) is 12.1 Å². The van der Waals surface area contributed by atoms with E-state index in [9.17, 15) is 9.18 Å². The highest BCUT2D eigenvalue weighted by Crippen LogP contribution is 2.12. The highest BCUT2D eigenvalue weighted by Gasteiger charge is 2.20. The summed E-state index contributed by atoms with van der Waals surface area (Å²) in [6.45, 7) is 0. The van der Waals surface area contributed by atoms with Crippen LogP contribution in [0.25, 0.3) is 0 Å². The number of carbonyl (C=O) groups is 1. The quantitative estimate of drug-likeness (QED) is 0.523. The number of halogens is 2. The van der Waals surface area contributed by atoms with Gasteiger partial charge < -0.3 is 15.2 Å². The van der Waals surface area contributed by atoms with Crippen LogP contribution < -0.4 is 5.46 Å². The Morgan fingerprint density at radius 3 is 2.43 bits per heavy atom. The third kappa shape index (κ3) is 2.22. The predicted molar refractivity (Wildman–Crippen MR) is 55.9 cm³/mol. The summed E-state index contributed by atoms with van der Waals surface area (Å²) in [5.74, 6) is -2.20. The monoisotopic (exact) mass is 310 g/mol. The molecule has 0 aliphatic heterocycles. The van der Waals surface area contributed by atoms with Crippen LogP contribution in [0.3, 0.4) is 0 Å². The van der Waals surface area contributed by atoms with Crippen LogP contribution in [0.2, 0.25) is 0 Å². The molecule has 4 nitrogen and oxygen atoms in total. The molecule has 0 radical (unpaired) electrons. The van der Waals surface area contributed by atoms with Crippen molar-refractivity contribution >= 4 is 41.1 Å². The van der Waals surface area contributed by atoms with Crippen LogP contribution in [-0.4, -0.2) is 28.2 Å². The van der Waals surface area contributed by atoms with Crippen molar-refractivity contribution < 1.29 is 24.3 Å². The number of hydrogen-bond acceptors (Lipinski definition) is 3. The number of rotatable bonds is 2. The molecule has 3 N–H and O–H groups in total. The molecular weight excluding hydrogens is 305 g/mol. The Hall–Kier alpha value is -0.665. The zero-order valence-electron chi connectivity index (χ0n) is 6.74. The van der Waals surface area contributed by atoms with E-state index < -0.39 is 18.9 Å². The van der Waals surface area contributed by atoms with Gasteiger partial charge in [0, 0.05) is 9.03 Å². The maximum atomic E-state index is 13.1. The zero-order chi connectivity index (χ0) is 10.9. The van der Waals surface area contributed by atoms with Gasteiger partial charge in [0.1, 0.15) is 5.82 Å². The van der Waals surface area contributed by atoms with Gasteiger partial charge in [-0.3, -0.25) is 0 Å². The first-order valence-electron chi connectivity index (χ1n) is 3.52. The molecule has 0 amide bonds. The first kappa shape index (κ1) is 11.4. The molecule has 1 aromatic rings. The molecule has 7 heteroatoms. The smallest absolute Gasteiger partial charge is 0.478 e. The molecule has 1 rings (SSSR count). The third-order valence-electron chi connectivity index (χ3n) is 1.59. The van der Waals surface area contributed by atoms with E-state index in [0.717, 1.165) is 12.1 Å². The first-order chi connectivity index (χ1) is 6.43. The molecule has 14 heavy (non-hydrogen) atoms. The lowest BCUT2D eigenvalue weighted by Gasteiger charge is -2.05. The van der Waals surface area contributed by atoms with Gasteiger partial charge in [-0.2, -0.15) is 0 Å². The second-order valence-corrected chi connectivity index (χ2v) is 3.69. The highest BCUT2D eigenvalue weighted by atomic mass is 127. The number of aromatic carboxylic acids is 1. The lowest BCUT2D eigenvalue weighted by atomic mass is 9.79. The Labute approximate surface area is 92.7 Å². The normalized spacial score (nSPS) is 10.0. The largest absolute Gasteiger partial charge is 0.491 e. The van der Waals surface area contributed by atoms with Gasteiger partial charge in [0.15, 0.2) is 0 Å². The van der Waals surface area contributed by atoms with Crippen molar-refractivity contribution in [3.05, 3.63) is 27.1 Å². The van der Waals surface area contributed by atoms with Crippen molar-refractivity contribution in [2.24, 2.45) is 0 Å². The first-order valence-corrected chi connectivity index (χ1v) is 4.59. The van der Waals surface area contributed by atoms with Crippen molar-refractivity contribution in [3.63, 3.8) is 0 Å². The Kier molecular flexibility index (Phi) is 3.45. The fourth-order valence-corrected chi connectivity index (χ4v) is 1.65. The van der Waals surface area contributed by atoms with Gasteiger partial charge in [-0.15, -0.1) is 0 Å². The van der Waals surface area contributed by atoms with Crippen LogP contribution in [0.5, 0.6) is 0 Å². The summed E-state index contributed by atoms with van der Waals surface area (Å²) in [6, 6.07) is 1.85. The van der Waals surface area contributed by atoms with E-state index in [1.54, 1.807) is 22.6 Å². The Morgan fingerprint density at radius 2 is 2.00 bits per heavy atom. The maximum absolute atomic E-state index is 13.1. The van der Waals surface area contributed by atoms with E-state index in [1.165, 1.54) is 0 Å². The van der Waals surface area contributed by atoms with Crippen molar-refractivity contribution in [3.8, 4) is 0 Å². The summed E-state index contributed by atoms with van der Waals surface area (Å²) in [7, 11) is -1.94. The Bertz CT molecular complexity index is 382. The predicted octanol–water partition coefficient (Wildman–Crippen LogP) is -0.192. The summed E-state index contributed by atoms with van der Waals surface area (Å²) in [5, 5.41) is 26.1. The SMILES string of the molecule is O=C(O)c1cc(F)c(B(O)O)cc1I. The fourth-order valence-electron chi connectivity index (χ4n) is 0.924. The summed E-state index contributed by atoms with van der Waals surface area (Å²) in [5.41, 5.74) is -0.535. The number of carboxylic acids is 1.